The van der Waals surface area contributed by atoms with E-state index >= 15 is 0 Å². The van der Waals surface area contributed by atoms with Gasteiger partial charge >= 0.3 is 6.16 Å². The van der Waals surface area contributed by atoms with Crippen molar-refractivity contribution in [1.82, 2.24) is 0 Å². The van der Waals surface area contributed by atoms with E-state index in [2.05, 4.69) is 18.6 Å². The van der Waals surface area contributed by atoms with E-state index in [1.807, 2.05) is 6.92 Å². The predicted molar refractivity (Wildman–Crippen MR) is 63.4 cm³/mol. The molecule has 2 unspecified atom stereocenters. The molecule has 1 saturated carbocycles. The second kappa shape index (κ2) is 4.38. The summed E-state index contributed by atoms with van der Waals surface area (Å²) in [5, 5.41) is 20.1. The highest BCUT2D eigenvalue weighted by atomic mass is 16.9. The first-order chi connectivity index (χ1) is 8.28. The molecule has 0 aromatic carbocycles. The molecule has 0 spiro atoms. The van der Waals surface area contributed by atoms with E-state index in [1.54, 1.807) is 0 Å². The third kappa shape index (κ3) is 1.99. The highest BCUT2D eigenvalue weighted by molar-refractivity contribution is 5.63. The molecule has 0 radical (unpaired) electrons. The SMILES string of the molecule is CC(C)C1CCC(C)(C2(O)OC(=O)OC2O)CC1. The summed E-state index contributed by atoms with van der Waals surface area (Å²) in [5.41, 5.74) is -0.649. The van der Waals surface area contributed by atoms with E-state index in [4.69, 9.17) is 4.74 Å². The molecule has 0 aromatic rings. The van der Waals surface area contributed by atoms with Crippen LogP contribution < -0.4 is 0 Å². The topological polar surface area (TPSA) is 76.0 Å². The molecule has 1 saturated heterocycles. The molecule has 1 aliphatic heterocycles. The molecule has 1 heterocycles. The van der Waals surface area contributed by atoms with Gasteiger partial charge in [0.25, 0.3) is 12.1 Å². The van der Waals surface area contributed by atoms with Gasteiger partial charge in [-0.3, -0.25) is 0 Å². The molecule has 5 heteroatoms. The molecule has 2 fully saturated rings. The maximum absolute atomic E-state index is 11.1. The minimum absolute atomic E-state index is 0.608. The van der Waals surface area contributed by atoms with Crippen LogP contribution in [0.2, 0.25) is 0 Å². The number of hydrogen-bond donors (Lipinski definition) is 2. The summed E-state index contributed by atoms with van der Waals surface area (Å²) < 4.78 is 9.36. The van der Waals surface area contributed by atoms with E-state index in [9.17, 15) is 15.0 Å². The number of cyclic esters (lactones) is 2. The van der Waals surface area contributed by atoms with Crippen molar-refractivity contribution in [2.75, 3.05) is 0 Å². The van der Waals surface area contributed by atoms with Crippen LogP contribution in [0.25, 0.3) is 0 Å². The predicted octanol–water partition coefficient (Wildman–Crippen LogP) is 2.01. The summed E-state index contributed by atoms with van der Waals surface area (Å²) >= 11 is 0. The average molecular weight is 258 g/mol. The molecule has 0 aromatic heterocycles. The number of rotatable bonds is 2. The lowest BCUT2D eigenvalue weighted by Gasteiger charge is -2.45. The number of ether oxygens (including phenoxy) is 2. The number of hydrogen-bond acceptors (Lipinski definition) is 5. The Morgan fingerprint density at radius 3 is 2.28 bits per heavy atom. The van der Waals surface area contributed by atoms with Crippen LogP contribution in [0.4, 0.5) is 4.79 Å². The van der Waals surface area contributed by atoms with E-state index in [0.29, 0.717) is 24.7 Å². The van der Waals surface area contributed by atoms with Crippen molar-refractivity contribution in [1.29, 1.82) is 0 Å². The van der Waals surface area contributed by atoms with E-state index in [1.165, 1.54) is 0 Å². The van der Waals surface area contributed by atoms with Crippen LogP contribution in [0.15, 0.2) is 0 Å². The Labute approximate surface area is 107 Å². The minimum Gasteiger partial charge on any atom is -0.397 e. The second-order valence-electron chi connectivity index (χ2n) is 6.16. The van der Waals surface area contributed by atoms with Crippen LogP contribution in [-0.2, 0) is 9.47 Å². The third-order valence-electron chi connectivity index (χ3n) is 4.72. The fraction of sp³-hybridized carbons (Fsp3) is 0.923. The molecule has 0 amide bonds. The first-order valence-electron chi connectivity index (χ1n) is 6.58. The Kier molecular flexibility index (Phi) is 3.32. The maximum atomic E-state index is 11.1. The lowest BCUT2D eigenvalue weighted by molar-refractivity contribution is -0.291. The van der Waals surface area contributed by atoms with Crippen LogP contribution in [-0.4, -0.2) is 28.4 Å². The number of aliphatic hydroxyl groups excluding tert-OH is 1. The average Bonchev–Trinajstić information content (AvgIpc) is 2.54. The third-order valence-corrected chi connectivity index (χ3v) is 4.72. The standard InChI is InChI=1S/C13H22O5/c1-8(2)9-4-6-12(3,7-5-9)13(16)10(14)17-11(15)18-13/h8-10,14,16H,4-7H2,1-3H3. The largest absolute Gasteiger partial charge is 0.513 e. The van der Waals surface area contributed by atoms with Gasteiger partial charge < -0.3 is 19.7 Å². The highest BCUT2D eigenvalue weighted by Gasteiger charge is 2.62. The van der Waals surface area contributed by atoms with Crippen LogP contribution in [0.1, 0.15) is 46.5 Å². The van der Waals surface area contributed by atoms with Crippen molar-refractivity contribution in [2.24, 2.45) is 17.3 Å². The van der Waals surface area contributed by atoms with Crippen LogP contribution in [0.5, 0.6) is 0 Å². The first-order valence-corrected chi connectivity index (χ1v) is 6.58. The molecule has 2 rings (SSSR count). The number of aliphatic hydroxyl groups is 2. The summed E-state index contributed by atoms with van der Waals surface area (Å²) in [6.45, 7) is 6.22. The molecular formula is C13H22O5. The highest BCUT2D eigenvalue weighted by Crippen LogP contribution is 2.51. The fourth-order valence-electron chi connectivity index (χ4n) is 3.10. The van der Waals surface area contributed by atoms with Gasteiger partial charge in [0, 0.05) is 5.41 Å². The van der Waals surface area contributed by atoms with Gasteiger partial charge in [0.05, 0.1) is 0 Å². The van der Waals surface area contributed by atoms with Crippen molar-refractivity contribution >= 4 is 6.16 Å². The Morgan fingerprint density at radius 2 is 1.89 bits per heavy atom. The molecule has 1 aliphatic carbocycles. The quantitative estimate of drug-likeness (QED) is 0.741. The van der Waals surface area contributed by atoms with Crippen molar-refractivity contribution in [3.05, 3.63) is 0 Å². The van der Waals surface area contributed by atoms with E-state index < -0.39 is 23.6 Å². The van der Waals surface area contributed by atoms with Gasteiger partial charge in [0.1, 0.15) is 0 Å². The molecule has 2 aliphatic rings. The summed E-state index contributed by atoms with van der Waals surface area (Å²) in [7, 11) is 0. The summed E-state index contributed by atoms with van der Waals surface area (Å²) in [5.74, 6) is -0.681. The molecule has 18 heavy (non-hydrogen) atoms. The van der Waals surface area contributed by atoms with Crippen LogP contribution in [0.3, 0.4) is 0 Å². The molecule has 5 nitrogen and oxygen atoms in total. The van der Waals surface area contributed by atoms with Gasteiger partial charge in [-0.2, -0.15) is 0 Å². The van der Waals surface area contributed by atoms with Gasteiger partial charge in [0.15, 0.2) is 0 Å². The van der Waals surface area contributed by atoms with Crippen molar-refractivity contribution in [3.8, 4) is 0 Å². The van der Waals surface area contributed by atoms with Crippen molar-refractivity contribution in [3.63, 3.8) is 0 Å². The lowest BCUT2D eigenvalue weighted by Crippen LogP contribution is -2.55. The zero-order valence-corrected chi connectivity index (χ0v) is 11.2. The number of carbonyl (C=O) groups is 1. The van der Waals surface area contributed by atoms with E-state index in [0.717, 1.165) is 12.8 Å². The Bertz CT molecular complexity index is 332. The Morgan fingerprint density at radius 1 is 1.33 bits per heavy atom. The smallest absolute Gasteiger partial charge is 0.397 e. The summed E-state index contributed by atoms with van der Waals surface area (Å²) in [6, 6.07) is 0. The van der Waals surface area contributed by atoms with Gasteiger partial charge in [-0.25, -0.2) is 4.79 Å². The van der Waals surface area contributed by atoms with Crippen molar-refractivity contribution in [2.45, 2.75) is 58.5 Å². The van der Waals surface area contributed by atoms with Gasteiger partial charge in [0.2, 0.25) is 0 Å². The van der Waals surface area contributed by atoms with Crippen molar-refractivity contribution < 1.29 is 24.5 Å². The summed E-state index contributed by atoms with van der Waals surface area (Å²) in [4.78, 5) is 11.1. The first kappa shape index (κ1) is 13.6. The minimum atomic E-state index is -1.91. The fourth-order valence-corrected chi connectivity index (χ4v) is 3.10. The normalized spacial score (nSPS) is 44.9. The van der Waals surface area contributed by atoms with Crippen LogP contribution >= 0.6 is 0 Å². The zero-order chi connectivity index (χ0) is 13.6. The summed E-state index contributed by atoms with van der Waals surface area (Å²) in [6.07, 6.45) is 0.740. The van der Waals surface area contributed by atoms with Gasteiger partial charge in [-0.15, -0.1) is 0 Å². The maximum Gasteiger partial charge on any atom is 0.513 e. The Hall–Kier alpha value is -0.810. The molecule has 2 N–H and O–H groups in total. The van der Waals surface area contributed by atoms with Gasteiger partial charge in [-0.1, -0.05) is 20.8 Å². The molecular weight excluding hydrogens is 236 g/mol. The zero-order valence-electron chi connectivity index (χ0n) is 11.2. The second-order valence-corrected chi connectivity index (χ2v) is 6.16. The van der Waals surface area contributed by atoms with Gasteiger partial charge in [-0.05, 0) is 37.5 Å². The monoisotopic (exact) mass is 258 g/mol. The molecule has 0 bridgehead atoms. The lowest BCUT2D eigenvalue weighted by atomic mass is 9.65. The number of carbonyl (C=O) groups excluding carboxylic acids is 1. The van der Waals surface area contributed by atoms with Crippen LogP contribution in [0, 0.1) is 17.3 Å². The van der Waals surface area contributed by atoms with E-state index in [-0.39, 0.29) is 0 Å². The Balaban J connectivity index is 2.11. The molecule has 104 valence electrons. The molecule has 2 atom stereocenters.